The molecule has 0 aromatic heterocycles. The highest BCUT2D eigenvalue weighted by Crippen LogP contribution is 2.37. The molecular formula is C66H94ClF6N11O11. The molecule has 8 atom stereocenters. The van der Waals surface area contributed by atoms with Crippen molar-refractivity contribution in [2.24, 2.45) is 17.8 Å². The fraction of sp³-hybridized carbons (Fsp3) is 0.652. The average Bonchev–Trinajstić information content (AvgIpc) is 1.73. The van der Waals surface area contributed by atoms with Gasteiger partial charge in [-0.15, -0.1) is 0 Å². The third kappa shape index (κ3) is 19.8. The number of carbonyl (C=O) groups excluding carboxylic acids is 11. The number of aryl methyl sites for hydroxylation is 1. The van der Waals surface area contributed by atoms with Crippen LogP contribution in [0.2, 0.25) is 5.02 Å². The summed E-state index contributed by atoms with van der Waals surface area (Å²) in [4.78, 5) is 169. The van der Waals surface area contributed by atoms with E-state index in [9.17, 15) is 69.5 Å². The molecular weight excluding hydrogens is 1270 g/mol. The smallest absolute Gasteiger partial charge is 0.343 e. The molecule has 3 aliphatic rings. The fourth-order valence-corrected chi connectivity index (χ4v) is 12.8. The highest BCUT2D eigenvalue weighted by atomic mass is 35.5. The summed E-state index contributed by atoms with van der Waals surface area (Å²) in [5, 5.41) is 7.81. The predicted octanol–water partition coefficient (Wildman–Crippen LogP) is 5.80. The Bertz CT molecular complexity index is 3130. The van der Waals surface area contributed by atoms with Crippen LogP contribution in [-0.2, 0) is 77.9 Å². The van der Waals surface area contributed by atoms with Gasteiger partial charge in [0.25, 0.3) is 0 Å². The number of hydrogen-bond acceptors (Lipinski definition) is 11. The summed E-state index contributed by atoms with van der Waals surface area (Å²) in [6.45, 7) is 10.2. The number of hydrogen-bond donors (Lipinski definition) is 3. The van der Waals surface area contributed by atoms with Crippen molar-refractivity contribution in [2.45, 2.75) is 186 Å². The molecule has 11 amide bonds. The summed E-state index contributed by atoms with van der Waals surface area (Å²) in [6, 6.07) is -1.83. The number of likely N-dealkylation sites (N-methyl/N-ethyl adjacent to an activating group) is 7. The molecule has 528 valence electrons. The molecule has 22 nitrogen and oxygen atoms in total. The van der Waals surface area contributed by atoms with E-state index in [0.717, 1.165) is 62.1 Å². The third-order valence-electron chi connectivity index (χ3n) is 18.7. The molecule has 2 aliphatic heterocycles. The molecule has 0 bridgehead atoms. The van der Waals surface area contributed by atoms with Gasteiger partial charge < -0.3 is 55.1 Å². The monoisotopic (exact) mass is 1370 g/mol. The topological polar surface area (TPSA) is 250 Å². The van der Waals surface area contributed by atoms with Crippen LogP contribution in [-0.4, -0.2) is 228 Å². The van der Waals surface area contributed by atoms with E-state index in [-0.39, 0.29) is 75.0 Å². The second-order valence-corrected chi connectivity index (χ2v) is 27.0. The van der Waals surface area contributed by atoms with E-state index in [2.05, 4.69) is 16.0 Å². The Labute approximate surface area is 557 Å². The van der Waals surface area contributed by atoms with Crippen LogP contribution in [0.5, 0.6) is 0 Å². The lowest BCUT2D eigenvalue weighted by Gasteiger charge is -2.41. The molecule has 1 spiro atoms. The zero-order chi connectivity index (χ0) is 71.5. The van der Waals surface area contributed by atoms with E-state index < -0.39 is 179 Å². The van der Waals surface area contributed by atoms with Crippen LogP contribution in [0.15, 0.2) is 42.5 Å². The van der Waals surface area contributed by atoms with Crippen molar-refractivity contribution in [2.75, 3.05) is 75.5 Å². The molecule has 2 aromatic rings. The normalized spacial score (nSPS) is 24.7. The first-order valence-corrected chi connectivity index (χ1v) is 32.6. The summed E-state index contributed by atoms with van der Waals surface area (Å²) in [5.74, 6) is -9.20. The van der Waals surface area contributed by atoms with Crippen molar-refractivity contribution < 1.29 is 79.1 Å². The predicted molar refractivity (Wildman–Crippen MR) is 341 cm³/mol. The van der Waals surface area contributed by atoms with Crippen molar-refractivity contribution in [1.82, 2.24) is 55.1 Å². The molecule has 0 radical (unpaired) electrons. The minimum Gasteiger partial charge on any atom is -0.343 e. The summed E-state index contributed by atoms with van der Waals surface area (Å²) >= 11 is 6.09. The molecule has 1 saturated carbocycles. The minimum atomic E-state index is -4.80. The second-order valence-electron chi connectivity index (χ2n) is 26.6. The molecule has 2 heterocycles. The summed E-state index contributed by atoms with van der Waals surface area (Å²) in [5.41, 5.74) is -3.30. The Morgan fingerprint density at radius 1 is 0.621 bits per heavy atom. The number of rotatable bonds is 10. The molecule has 1 aliphatic carbocycles. The summed E-state index contributed by atoms with van der Waals surface area (Å²) < 4.78 is 82.5. The SMILES string of the molecule is CC[C@H](C)[C@@H]1NC(=O)[C@H](CC(C)C)N(C)C(=O)C[C@@H](C)N(C)C(=O)[C@H](C(C)C)N(C)C(=O)C2(CCCC2)NC(=O)[C@@H]2CCCN2C(=O)[C@H](CCc2ccc(C(F)(F)F)c(Cl)c2)NC(=O)CN(C)C(=O)[C@H](Cc2ccc(C(F)(F)F)cc2)N(C)C(=O)CN(C)C(=O)CN(C)C1=O. The van der Waals surface area contributed by atoms with Gasteiger partial charge >= 0.3 is 12.4 Å². The molecule has 5 rings (SSSR count). The van der Waals surface area contributed by atoms with Gasteiger partial charge in [0, 0.05) is 74.8 Å². The average molecular weight is 1370 g/mol. The molecule has 0 unspecified atom stereocenters. The van der Waals surface area contributed by atoms with E-state index in [1.807, 2.05) is 13.8 Å². The first kappa shape index (κ1) is 78.2. The van der Waals surface area contributed by atoms with Gasteiger partial charge in [0.05, 0.1) is 35.8 Å². The Morgan fingerprint density at radius 3 is 1.76 bits per heavy atom. The highest BCUT2D eigenvalue weighted by Gasteiger charge is 2.50. The Hall–Kier alpha value is -7.52. The van der Waals surface area contributed by atoms with Gasteiger partial charge in [-0.2, -0.15) is 26.3 Å². The van der Waals surface area contributed by atoms with Crippen LogP contribution in [0.1, 0.15) is 135 Å². The van der Waals surface area contributed by atoms with E-state index in [1.165, 1.54) is 68.9 Å². The van der Waals surface area contributed by atoms with Crippen molar-refractivity contribution in [1.29, 1.82) is 0 Å². The number of nitrogens with zero attached hydrogens (tertiary/aromatic N) is 8. The van der Waals surface area contributed by atoms with Gasteiger partial charge in [-0.3, -0.25) is 52.7 Å². The molecule has 95 heavy (non-hydrogen) atoms. The molecule has 2 aromatic carbocycles. The standard InChI is InChI=1S/C66H94ClF6N11O11/c1-15-40(6)55-61(93)79(10)36-53(87)77(8)37-54(88)82(13)50(34-43-20-24-44(25-21-43)65(68,69)70)60(92)78(9)35-51(85)74-47(27-23-42-22-26-45(46(67)33-42)66(71,72)73)59(91)84-30-18-19-48(84)58(90)76-64(28-16-17-29-64)63(95)83(14)56(39(4)5)62(94)80(11)41(7)32-52(86)81(12)49(31-38(2)3)57(89)75-55/h20-22,24-26,33,38-41,47-50,55-56H,15-19,23,27-32,34-37H2,1-14H3,(H,74,85)(H,75,89)(H,76,90)/t40-,41+,47-,48-,49-,50-,55-,56-/m0/s1. The lowest BCUT2D eigenvalue weighted by Crippen LogP contribution is -2.64. The number of nitrogens with one attached hydrogen (secondary N) is 3. The second kappa shape index (κ2) is 33.0. The minimum absolute atomic E-state index is 0.0206. The van der Waals surface area contributed by atoms with Crippen LogP contribution in [0.3, 0.4) is 0 Å². The van der Waals surface area contributed by atoms with Crippen LogP contribution in [0, 0.1) is 17.8 Å². The first-order chi connectivity index (χ1) is 44.1. The molecule has 2 saturated heterocycles. The zero-order valence-corrected chi connectivity index (χ0v) is 57.6. The molecule has 29 heteroatoms. The van der Waals surface area contributed by atoms with Crippen molar-refractivity contribution in [3.05, 3.63) is 69.7 Å². The van der Waals surface area contributed by atoms with Crippen molar-refractivity contribution in [3.8, 4) is 0 Å². The lowest BCUT2D eigenvalue weighted by atomic mass is 9.91. The van der Waals surface area contributed by atoms with Crippen molar-refractivity contribution >= 4 is 76.6 Å². The number of amides is 11. The van der Waals surface area contributed by atoms with Crippen LogP contribution < -0.4 is 16.0 Å². The first-order valence-electron chi connectivity index (χ1n) is 32.2. The van der Waals surface area contributed by atoms with E-state index in [1.54, 1.807) is 34.6 Å². The molecule has 3 fully saturated rings. The maximum absolute atomic E-state index is 15.1. The summed E-state index contributed by atoms with van der Waals surface area (Å²) in [7, 11) is 9.37. The van der Waals surface area contributed by atoms with E-state index in [0.29, 0.717) is 19.3 Å². The van der Waals surface area contributed by atoms with E-state index in [4.69, 9.17) is 11.6 Å². The number of benzene rings is 2. The van der Waals surface area contributed by atoms with Gasteiger partial charge in [0.1, 0.15) is 41.8 Å². The maximum Gasteiger partial charge on any atom is 0.417 e. The fourth-order valence-electron chi connectivity index (χ4n) is 12.5. The summed E-state index contributed by atoms with van der Waals surface area (Å²) in [6.07, 6.45) is -8.43. The Kier molecular flexibility index (Phi) is 27.1. The lowest BCUT2D eigenvalue weighted by molar-refractivity contribution is -0.152. The number of fused-ring (bicyclic) bond motifs is 1. The van der Waals surface area contributed by atoms with Gasteiger partial charge in [-0.05, 0) is 105 Å². The van der Waals surface area contributed by atoms with Gasteiger partial charge in [0.15, 0.2) is 0 Å². The van der Waals surface area contributed by atoms with Gasteiger partial charge in [-0.1, -0.05) is 90.6 Å². The Balaban J connectivity index is 1.59. The van der Waals surface area contributed by atoms with Crippen molar-refractivity contribution in [3.63, 3.8) is 0 Å². The maximum atomic E-state index is 15.1. The zero-order valence-electron chi connectivity index (χ0n) is 56.8. The van der Waals surface area contributed by atoms with Gasteiger partial charge in [0.2, 0.25) is 65.0 Å². The van der Waals surface area contributed by atoms with Gasteiger partial charge in [-0.25, -0.2) is 0 Å². The van der Waals surface area contributed by atoms with Crippen LogP contribution in [0.25, 0.3) is 0 Å². The number of halogens is 7. The largest absolute Gasteiger partial charge is 0.417 e. The highest BCUT2D eigenvalue weighted by molar-refractivity contribution is 6.31. The number of carbonyl (C=O) groups is 11. The van der Waals surface area contributed by atoms with Crippen LogP contribution >= 0.6 is 11.6 Å². The number of alkyl halides is 6. The quantitative estimate of drug-likeness (QED) is 0.240. The third-order valence-corrected chi connectivity index (χ3v) is 19.0. The van der Waals surface area contributed by atoms with Crippen LogP contribution in [0.4, 0.5) is 26.3 Å². The Morgan fingerprint density at radius 2 is 1.20 bits per heavy atom. The molecule has 3 N–H and O–H groups in total. The van der Waals surface area contributed by atoms with E-state index >= 15 is 9.59 Å².